The van der Waals surface area contributed by atoms with Crippen molar-refractivity contribution in [2.75, 3.05) is 32.8 Å². The number of benzene rings is 2. The van der Waals surface area contributed by atoms with Crippen LogP contribution in [-0.4, -0.2) is 47.3 Å². The third-order valence-corrected chi connectivity index (χ3v) is 5.19. The molecule has 1 aromatic heterocycles. The van der Waals surface area contributed by atoms with E-state index in [1.807, 2.05) is 18.2 Å². The first kappa shape index (κ1) is 17.5. The molecule has 1 saturated heterocycles. The molecular weight excluding hydrogens is 346 g/mol. The van der Waals surface area contributed by atoms with E-state index in [-0.39, 0.29) is 0 Å². The van der Waals surface area contributed by atoms with Gasteiger partial charge in [-0.05, 0) is 30.2 Å². The number of imidazole rings is 1. The molecule has 0 N–H and O–H groups in total. The highest BCUT2D eigenvalue weighted by Gasteiger charge is 2.14. The van der Waals surface area contributed by atoms with Crippen LogP contribution in [0.5, 0.6) is 0 Å². The molecule has 0 bridgehead atoms. The lowest BCUT2D eigenvalue weighted by atomic mass is 10.1. The van der Waals surface area contributed by atoms with Crippen LogP contribution in [0.25, 0.3) is 11.0 Å². The lowest BCUT2D eigenvalue weighted by Gasteiger charge is -2.26. The number of halogens is 1. The highest BCUT2D eigenvalue weighted by molar-refractivity contribution is 6.31. The molecule has 26 heavy (non-hydrogen) atoms. The van der Waals surface area contributed by atoms with Crippen molar-refractivity contribution in [3.8, 4) is 0 Å². The molecule has 2 heterocycles. The van der Waals surface area contributed by atoms with Crippen LogP contribution in [0.15, 0.2) is 48.5 Å². The predicted octanol–water partition coefficient (Wildman–Crippen LogP) is 4.00. The fourth-order valence-electron chi connectivity index (χ4n) is 3.59. The second-order valence-corrected chi connectivity index (χ2v) is 7.22. The first-order valence-electron chi connectivity index (χ1n) is 9.28. The molecule has 136 valence electrons. The summed E-state index contributed by atoms with van der Waals surface area (Å²) >= 11 is 6.25. The van der Waals surface area contributed by atoms with Gasteiger partial charge in [0.15, 0.2) is 0 Å². The molecule has 1 aliphatic heterocycles. The number of fused-ring (bicyclic) bond motifs is 1. The van der Waals surface area contributed by atoms with Crippen molar-refractivity contribution in [1.82, 2.24) is 14.5 Å². The number of hydrogen-bond acceptors (Lipinski definition) is 3. The minimum absolute atomic E-state index is 0.762. The zero-order valence-electron chi connectivity index (χ0n) is 14.9. The van der Waals surface area contributed by atoms with E-state index in [9.17, 15) is 0 Å². The SMILES string of the molecule is Clc1ccc2nc(Cc3ccccc3)n(CCCN3CCOCC3)c2c1. The molecule has 0 unspecified atom stereocenters. The standard InChI is InChI=1S/C21H24ClN3O/c22-18-7-8-19-20(16-18)25(10-4-9-24-11-13-26-14-12-24)21(23-19)15-17-5-2-1-3-6-17/h1-3,5-8,16H,4,9-15H2. The van der Waals surface area contributed by atoms with Gasteiger partial charge in [0.1, 0.15) is 5.82 Å². The Morgan fingerprint density at radius 3 is 2.62 bits per heavy atom. The Morgan fingerprint density at radius 1 is 1.00 bits per heavy atom. The van der Waals surface area contributed by atoms with Crippen LogP contribution in [0.3, 0.4) is 0 Å². The van der Waals surface area contributed by atoms with E-state index in [0.717, 1.165) is 74.1 Å². The van der Waals surface area contributed by atoms with Crippen LogP contribution in [0.1, 0.15) is 17.8 Å². The zero-order chi connectivity index (χ0) is 17.8. The molecule has 4 rings (SSSR count). The van der Waals surface area contributed by atoms with Gasteiger partial charge in [-0.1, -0.05) is 41.9 Å². The molecular formula is C21H24ClN3O. The minimum atomic E-state index is 0.762. The van der Waals surface area contributed by atoms with Gasteiger partial charge in [-0.3, -0.25) is 4.90 Å². The lowest BCUT2D eigenvalue weighted by Crippen LogP contribution is -2.37. The summed E-state index contributed by atoms with van der Waals surface area (Å²) in [4.78, 5) is 7.36. The number of rotatable bonds is 6. The normalized spacial score (nSPS) is 15.6. The van der Waals surface area contributed by atoms with Crippen molar-refractivity contribution in [3.05, 3.63) is 64.9 Å². The average molecular weight is 370 g/mol. The number of morpholine rings is 1. The van der Waals surface area contributed by atoms with E-state index >= 15 is 0 Å². The average Bonchev–Trinajstić information content (AvgIpc) is 3.00. The smallest absolute Gasteiger partial charge is 0.114 e. The Kier molecular flexibility index (Phi) is 5.54. The molecule has 0 spiro atoms. The maximum Gasteiger partial charge on any atom is 0.114 e. The van der Waals surface area contributed by atoms with Crippen molar-refractivity contribution in [3.63, 3.8) is 0 Å². The number of aryl methyl sites for hydroxylation is 1. The Bertz CT molecular complexity index is 856. The van der Waals surface area contributed by atoms with E-state index in [0.29, 0.717) is 0 Å². The fourth-order valence-corrected chi connectivity index (χ4v) is 3.75. The number of hydrogen-bond donors (Lipinski definition) is 0. The van der Waals surface area contributed by atoms with Gasteiger partial charge in [-0.2, -0.15) is 0 Å². The predicted molar refractivity (Wildman–Crippen MR) is 106 cm³/mol. The summed E-state index contributed by atoms with van der Waals surface area (Å²) in [5.41, 5.74) is 3.43. The Hall–Kier alpha value is -1.88. The summed E-state index contributed by atoms with van der Waals surface area (Å²) in [6, 6.07) is 16.5. The van der Waals surface area contributed by atoms with E-state index < -0.39 is 0 Å². The monoisotopic (exact) mass is 369 g/mol. The summed E-state index contributed by atoms with van der Waals surface area (Å²) in [7, 11) is 0. The van der Waals surface area contributed by atoms with Gasteiger partial charge in [-0.15, -0.1) is 0 Å². The van der Waals surface area contributed by atoms with Crippen LogP contribution in [-0.2, 0) is 17.7 Å². The highest BCUT2D eigenvalue weighted by Crippen LogP contribution is 2.23. The molecule has 0 aliphatic carbocycles. The Morgan fingerprint density at radius 2 is 1.81 bits per heavy atom. The van der Waals surface area contributed by atoms with Crippen LogP contribution >= 0.6 is 11.6 Å². The van der Waals surface area contributed by atoms with Gasteiger partial charge in [0.25, 0.3) is 0 Å². The molecule has 0 radical (unpaired) electrons. The van der Waals surface area contributed by atoms with Crippen LogP contribution < -0.4 is 0 Å². The van der Waals surface area contributed by atoms with E-state index in [1.54, 1.807) is 0 Å². The third-order valence-electron chi connectivity index (χ3n) is 4.95. The van der Waals surface area contributed by atoms with Gasteiger partial charge < -0.3 is 9.30 Å². The summed E-state index contributed by atoms with van der Waals surface area (Å²) in [6.07, 6.45) is 1.93. The second-order valence-electron chi connectivity index (χ2n) is 6.78. The van der Waals surface area contributed by atoms with E-state index in [2.05, 4.69) is 39.8 Å². The van der Waals surface area contributed by atoms with Crippen LogP contribution in [0.2, 0.25) is 5.02 Å². The first-order valence-corrected chi connectivity index (χ1v) is 9.66. The van der Waals surface area contributed by atoms with Gasteiger partial charge >= 0.3 is 0 Å². The Labute approximate surface area is 159 Å². The number of ether oxygens (including phenoxy) is 1. The van der Waals surface area contributed by atoms with Gasteiger partial charge in [0, 0.05) is 37.6 Å². The first-order chi connectivity index (χ1) is 12.8. The van der Waals surface area contributed by atoms with Crippen LogP contribution in [0, 0.1) is 0 Å². The summed E-state index contributed by atoms with van der Waals surface area (Å²) < 4.78 is 7.78. The number of nitrogens with zero attached hydrogens (tertiary/aromatic N) is 3. The van der Waals surface area contributed by atoms with E-state index in [4.69, 9.17) is 21.3 Å². The molecule has 0 amide bonds. The molecule has 0 saturated carbocycles. The molecule has 5 heteroatoms. The van der Waals surface area contributed by atoms with Crippen molar-refractivity contribution < 1.29 is 4.74 Å². The number of aromatic nitrogens is 2. The molecule has 2 aromatic carbocycles. The quantitative estimate of drug-likeness (QED) is 0.657. The summed E-state index contributed by atoms with van der Waals surface area (Å²) in [5, 5.41) is 0.762. The van der Waals surface area contributed by atoms with Gasteiger partial charge in [0.2, 0.25) is 0 Å². The van der Waals surface area contributed by atoms with Crippen molar-refractivity contribution in [2.24, 2.45) is 0 Å². The van der Waals surface area contributed by atoms with Crippen molar-refractivity contribution in [1.29, 1.82) is 0 Å². The molecule has 0 atom stereocenters. The Balaban J connectivity index is 1.55. The molecule has 3 aromatic rings. The lowest BCUT2D eigenvalue weighted by molar-refractivity contribution is 0.0369. The van der Waals surface area contributed by atoms with Crippen molar-refractivity contribution in [2.45, 2.75) is 19.4 Å². The second kappa shape index (κ2) is 8.21. The summed E-state index contributed by atoms with van der Waals surface area (Å²) in [6.45, 7) is 5.82. The van der Waals surface area contributed by atoms with E-state index in [1.165, 1.54) is 5.56 Å². The topological polar surface area (TPSA) is 30.3 Å². The summed E-state index contributed by atoms with van der Waals surface area (Å²) in [5.74, 6) is 1.11. The minimum Gasteiger partial charge on any atom is -0.379 e. The molecule has 1 aliphatic rings. The maximum absolute atomic E-state index is 6.25. The highest BCUT2D eigenvalue weighted by atomic mass is 35.5. The van der Waals surface area contributed by atoms with Gasteiger partial charge in [-0.25, -0.2) is 4.98 Å². The maximum atomic E-state index is 6.25. The molecule has 1 fully saturated rings. The zero-order valence-corrected chi connectivity index (χ0v) is 15.7. The fraction of sp³-hybridized carbons (Fsp3) is 0.381. The largest absolute Gasteiger partial charge is 0.379 e. The van der Waals surface area contributed by atoms with Crippen LogP contribution in [0.4, 0.5) is 0 Å². The molecule has 4 nitrogen and oxygen atoms in total. The van der Waals surface area contributed by atoms with Crippen molar-refractivity contribution >= 4 is 22.6 Å². The van der Waals surface area contributed by atoms with Gasteiger partial charge in [0.05, 0.1) is 24.2 Å². The third kappa shape index (κ3) is 4.09.